The fourth-order valence-electron chi connectivity index (χ4n) is 10.0. The summed E-state index contributed by atoms with van der Waals surface area (Å²) in [5.74, 6) is 1.62. The Morgan fingerprint density at radius 3 is 2.67 bits per heavy atom. The molecule has 2 bridgehead atoms. The van der Waals surface area contributed by atoms with Gasteiger partial charge in [0.15, 0.2) is 17.6 Å². The minimum atomic E-state index is -0.992. The summed E-state index contributed by atoms with van der Waals surface area (Å²) >= 11 is 0. The molecule has 3 heterocycles. The number of carbonyl (C=O) groups excluding carboxylic acids is 1. The number of nitrogens with zero attached hydrogens (tertiary/aromatic N) is 2. The molecule has 7 nitrogen and oxygen atoms in total. The van der Waals surface area contributed by atoms with Crippen LogP contribution in [0.3, 0.4) is 0 Å². The summed E-state index contributed by atoms with van der Waals surface area (Å²) in [6.45, 7) is 3.36. The van der Waals surface area contributed by atoms with Crippen LogP contribution in [0.25, 0.3) is 10.9 Å². The van der Waals surface area contributed by atoms with Crippen LogP contribution in [0.5, 0.6) is 11.5 Å². The standard InChI is InChI=1S/C41H47N3O4/c45-33-19-18-29-24-34-41(47)25-31-30-13-7-8-14-32(30)44(22-9-21-42-35(46)15-6-2-5-12-27-10-3-1-4-11-27)37(31)39-40(41,36(29)38(33)48-39)20-23-43(34)26-28-16-17-28/h1,3-4,7-8,10-11,13-14,18-19,28,34,39,45,47H,2,5-6,9,12,15-17,20-26H2,(H,42,46)/t34-,39+,40+,41-/m1/s1. The molecule has 7 heteroatoms. The van der Waals surface area contributed by atoms with Crippen LogP contribution < -0.4 is 10.1 Å². The van der Waals surface area contributed by atoms with Gasteiger partial charge in [-0.25, -0.2) is 0 Å². The molecule has 1 saturated carbocycles. The van der Waals surface area contributed by atoms with Gasteiger partial charge >= 0.3 is 0 Å². The fraction of sp³-hybridized carbons (Fsp3) is 0.488. The Balaban J connectivity index is 0.959. The molecule has 1 aromatic heterocycles. The highest BCUT2D eigenvalue weighted by Gasteiger charge is 2.73. The Morgan fingerprint density at radius 1 is 0.979 bits per heavy atom. The first-order valence-corrected chi connectivity index (χ1v) is 18.4. The number of benzene rings is 3. The molecule has 1 spiro atoms. The number of aryl methyl sites for hydroxylation is 2. The van der Waals surface area contributed by atoms with E-state index >= 15 is 0 Å². The maximum atomic E-state index is 13.2. The molecule has 3 aromatic carbocycles. The predicted octanol–water partition coefficient (Wildman–Crippen LogP) is 6.36. The van der Waals surface area contributed by atoms with Crippen molar-refractivity contribution in [1.82, 2.24) is 14.8 Å². The second kappa shape index (κ2) is 11.7. The van der Waals surface area contributed by atoms with Crippen LogP contribution >= 0.6 is 0 Å². The molecule has 3 aliphatic carbocycles. The number of phenolic OH excluding ortho intramolecular Hbond substituents is 1. The number of amides is 1. The van der Waals surface area contributed by atoms with Crippen LogP contribution in [0, 0.1) is 5.92 Å². The smallest absolute Gasteiger partial charge is 0.219 e. The topological polar surface area (TPSA) is 87.0 Å². The zero-order valence-electron chi connectivity index (χ0n) is 27.8. The van der Waals surface area contributed by atoms with Crippen LogP contribution in [0.15, 0.2) is 66.7 Å². The SMILES string of the molecule is O=C(CCCCCc1ccccc1)NCCCn1c2c(c3ccccc31)C[C@@]1(O)[C@H]3Cc4ccc(O)c5c4[C@@]1(CCN3CC1CC1)[C@H]2O5. The van der Waals surface area contributed by atoms with Crippen molar-refractivity contribution in [3.05, 3.63) is 94.7 Å². The second-order valence-corrected chi connectivity index (χ2v) is 15.2. The van der Waals surface area contributed by atoms with E-state index in [-0.39, 0.29) is 23.8 Å². The minimum Gasteiger partial charge on any atom is -0.504 e. The van der Waals surface area contributed by atoms with E-state index in [1.807, 2.05) is 6.07 Å². The number of rotatable bonds is 12. The van der Waals surface area contributed by atoms with Gasteiger partial charge in [0.05, 0.1) is 16.7 Å². The predicted molar refractivity (Wildman–Crippen MR) is 186 cm³/mol. The molecule has 1 saturated heterocycles. The number of likely N-dealkylation sites (tertiary alicyclic amines) is 1. The average molecular weight is 646 g/mol. The number of aromatic hydroxyl groups is 1. The number of ether oxygens (including phenoxy) is 1. The third-order valence-corrected chi connectivity index (χ3v) is 12.4. The minimum absolute atomic E-state index is 0.0183. The molecule has 4 atom stereocenters. The largest absolute Gasteiger partial charge is 0.504 e. The number of phenols is 1. The monoisotopic (exact) mass is 645 g/mol. The summed E-state index contributed by atoms with van der Waals surface area (Å²) in [5, 5.41) is 28.7. The first kappa shape index (κ1) is 30.3. The number of fused-ring (bicyclic) bond motifs is 4. The van der Waals surface area contributed by atoms with Crippen LogP contribution in [0.2, 0.25) is 0 Å². The Labute approximate surface area is 282 Å². The Kier molecular flexibility index (Phi) is 7.35. The average Bonchev–Trinajstić information content (AvgIpc) is 3.77. The second-order valence-electron chi connectivity index (χ2n) is 15.2. The Hall–Kier alpha value is -3.81. The van der Waals surface area contributed by atoms with Gasteiger partial charge in [0, 0.05) is 55.0 Å². The summed E-state index contributed by atoms with van der Waals surface area (Å²) < 4.78 is 9.32. The quantitative estimate of drug-likeness (QED) is 0.156. The van der Waals surface area contributed by atoms with E-state index < -0.39 is 11.0 Å². The number of aromatic nitrogens is 1. The van der Waals surface area contributed by atoms with Gasteiger partial charge in [0.25, 0.3) is 0 Å². The molecule has 0 unspecified atom stereocenters. The van der Waals surface area contributed by atoms with Crippen LogP contribution in [0.1, 0.15) is 85.4 Å². The van der Waals surface area contributed by atoms with Crippen LogP contribution in [0.4, 0.5) is 0 Å². The van der Waals surface area contributed by atoms with E-state index in [4.69, 9.17) is 4.74 Å². The normalized spacial score (nSPS) is 26.6. The number of piperidine rings is 1. The highest BCUT2D eigenvalue weighted by Crippen LogP contribution is 2.69. The molecule has 2 aliphatic heterocycles. The third kappa shape index (κ3) is 4.64. The van der Waals surface area contributed by atoms with E-state index in [9.17, 15) is 15.0 Å². The van der Waals surface area contributed by atoms with Gasteiger partial charge in [-0.2, -0.15) is 0 Å². The van der Waals surface area contributed by atoms with Crippen molar-refractivity contribution in [2.24, 2.45) is 5.92 Å². The first-order valence-electron chi connectivity index (χ1n) is 18.4. The van der Waals surface area contributed by atoms with Gasteiger partial charge in [-0.05, 0) is 92.7 Å². The van der Waals surface area contributed by atoms with E-state index in [0.29, 0.717) is 25.1 Å². The lowest BCUT2D eigenvalue weighted by Crippen LogP contribution is -2.74. The lowest BCUT2D eigenvalue weighted by molar-refractivity contribution is -0.173. The van der Waals surface area contributed by atoms with Gasteiger partial charge in [0.1, 0.15) is 0 Å². The first-order chi connectivity index (χ1) is 23.5. The maximum Gasteiger partial charge on any atom is 0.219 e. The zero-order valence-corrected chi connectivity index (χ0v) is 27.8. The van der Waals surface area contributed by atoms with Crippen molar-refractivity contribution >= 4 is 16.8 Å². The van der Waals surface area contributed by atoms with E-state index in [0.717, 1.165) is 87.3 Å². The maximum absolute atomic E-state index is 13.2. The molecular weight excluding hydrogens is 598 g/mol. The number of unbranched alkanes of at least 4 members (excludes halogenated alkanes) is 2. The molecule has 1 amide bonds. The molecule has 2 fully saturated rings. The lowest BCUT2D eigenvalue weighted by atomic mass is 9.49. The molecule has 48 heavy (non-hydrogen) atoms. The number of para-hydroxylation sites is 1. The van der Waals surface area contributed by atoms with Crippen molar-refractivity contribution in [3.63, 3.8) is 0 Å². The number of nitrogens with one attached hydrogen (secondary N) is 1. The Morgan fingerprint density at radius 2 is 1.81 bits per heavy atom. The number of carbonyl (C=O) groups is 1. The third-order valence-electron chi connectivity index (χ3n) is 12.4. The lowest BCUT2D eigenvalue weighted by Gasteiger charge is -2.63. The molecule has 0 radical (unpaired) electrons. The number of hydrogen-bond donors (Lipinski definition) is 3. The summed E-state index contributed by atoms with van der Waals surface area (Å²) in [5.41, 5.74) is 5.51. The summed E-state index contributed by atoms with van der Waals surface area (Å²) in [4.78, 5) is 15.3. The molecule has 3 N–H and O–H groups in total. The van der Waals surface area contributed by atoms with E-state index in [2.05, 4.69) is 69.4 Å². The van der Waals surface area contributed by atoms with Crippen LogP contribution in [-0.4, -0.2) is 56.9 Å². The molecule has 9 rings (SSSR count). The van der Waals surface area contributed by atoms with Crippen molar-refractivity contribution in [2.45, 2.75) is 100 Å². The van der Waals surface area contributed by atoms with Crippen LogP contribution in [-0.2, 0) is 36.0 Å². The van der Waals surface area contributed by atoms with Gasteiger partial charge < -0.3 is 24.8 Å². The molecular formula is C41H47N3O4. The van der Waals surface area contributed by atoms with Gasteiger partial charge in [-0.3, -0.25) is 9.69 Å². The molecule has 5 aliphatic rings. The van der Waals surface area contributed by atoms with E-state index in [1.54, 1.807) is 6.07 Å². The number of hydrogen-bond acceptors (Lipinski definition) is 5. The summed E-state index contributed by atoms with van der Waals surface area (Å²) in [6, 6.07) is 23.0. The molecule has 250 valence electrons. The van der Waals surface area contributed by atoms with Crippen molar-refractivity contribution in [1.29, 1.82) is 0 Å². The number of aliphatic hydroxyl groups is 1. The highest BCUT2D eigenvalue weighted by molar-refractivity contribution is 5.87. The highest BCUT2D eigenvalue weighted by atomic mass is 16.5. The zero-order chi connectivity index (χ0) is 32.5. The van der Waals surface area contributed by atoms with Crippen molar-refractivity contribution in [2.75, 3.05) is 19.6 Å². The summed E-state index contributed by atoms with van der Waals surface area (Å²) in [6.07, 6.45) is 9.87. The van der Waals surface area contributed by atoms with E-state index in [1.165, 1.54) is 34.9 Å². The van der Waals surface area contributed by atoms with Gasteiger partial charge in [-0.1, -0.05) is 61.0 Å². The fourth-order valence-corrected chi connectivity index (χ4v) is 10.0. The van der Waals surface area contributed by atoms with Crippen molar-refractivity contribution < 1.29 is 19.7 Å². The van der Waals surface area contributed by atoms with Crippen molar-refractivity contribution in [3.8, 4) is 11.5 Å². The Bertz CT molecular complexity index is 1860. The summed E-state index contributed by atoms with van der Waals surface area (Å²) in [7, 11) is 0. The van der Waals surface area contributed by atoms with Gasteiger partial charge in [-0.15, -0.1) is 0 Å². The molecule has 4 aromatic rings. The van der Waals surface area contributed by atoms with Gasteiger partial charge in [0.2, 0.25) is 5.91 Å².